The van der Waals surface area contributed by atoms with Crippen molar-refractivity contribution in [2.24, 2.45) is 5.41 Å². The summed E-state index contributed by atoms with van der Waals surface area (Å²) in [7, 11) is -3.17. The summed E-state index contributed by atoms with van der Waals surface area (Å²) in [5.41, 5.74) is -1.38. The van der Waals surface area contributed by atoms with Crippen molar-refractivity contribution in [3.8, 4) is 6.07 Å². The van der Waals surface area contributed by atoms with Crippen molar-refractivity contribution >= 4 is 15.8 Å². The van der Waals surface area contributed by atoms with E-state index in [-0.39, 0.29) is 18.8 Å². The van der Waals surface area contributed by atoms with Crippen LogP contribution in [0.15, 0.2) is 0 Å². The van der Waals surface area contributed by atoms with Crippen LogP contribution in [0.4, 0.5) is 0 Å². The molecule has 0 rings (SSSR count). The van der Waals surface area contributed by atoms with Gasteiger partial charge in [0.25, 0.3) is 0 Å². The Morgan fingerprint density at radius 2 is 2.07 bits per heavy atom. The topological polar surface area (TPSA) is 84.2 Å². The van der Waals surface area contributed by atoms with Gasteiger partial charge in [-0.1, -0.05) is 0 Å². The third-order valence-electron chi connectivity index (χ3n) is 1.95. The quantitative estimate of drug-likeness (QED) is 0.646. The molecule has 0 aliphatic heterocycles. The molecule has 0 aliphatic rings. The Morgan fingerprint density at radius 1 is 1.53 bits per heavy atom. The minimum atomic E-state index is -3.17. The van der Waals surface area contributed by atoms with Gasteiger partial charge in [0, 0.05) is 6.26 Å². The van der Waals surface area contributed by atoms with Crippen molar-refractivity contribution in [3.05, 3.63) is 0 Å². The molecule has 0 aromatic carbocycles. The number of carbonyl (C=O) groups is 1. The average molecular weight is 233 g/mol. The number of esters is 1. The number of ether oxygens (including phenoxy) is 1. The summed E-state index contributed by atoms with van der Waals surface area (Å²) < 4.78 is 26.5. The number of sulfone groups is 1. The van der Waals surface area contributed by atoms with Crippen LogP contribution in [-0.2, 0) is 19.4 Å². The van der Waals surface area contributed by atoms with Crippen molar-refractivity contribution in [3.63, 3.8) is 0 Å². The standard InChI is InChI=1S/C9H15NO4S/c1-4-14-8(11)9(2,7-10)5-6-15(3,12)13/h4-6H2,1-3H3. The van der Waals surface area contributed by atoms with Gasteiger partial charge in [0.05, 0.1) is 18.4 Å². The molecule has 1 unspecified atom stereocenters. The predicted molar refractivity (Wildman–Crippen MR) is 54.7 cm³/mol. The summed E-state index contributed by atoms with van der Waals surface area (Å²) in [6.07, 6.45) is 1.02. The van der Waals surface area contributed by atoms with Gasteiger partial charge >= 0.3 is 5.97 Å². The molecule has 0 saturated heterocycles. The lowest BCUT2D eigenvalue weighted by Crippen LogP contribution is -2.30. The monoisotopic (exact) mass is 233 g/mol. The molecule has 6 heteroatoms. The van der Waals surface area contributed by atoms with Crippen molar-refractivity contribution in [1.29, 1.82) is 5.26 Å². The number of carbonyl (C=O) groups excluding carboxylic acids is 1. The normalized spacial score (nSPS) is 15.1. The highest BCUT2D eigenvalue weighted by Crippen LogP contribution is 2.22. The summed E-state index contributed by atoms with van der Waals surface area (Å²) >= 11 is 0. The van der Waals surface area contributed by atoms with Crippen LogP contribution >= 0.6 is 0 Å². The third kappa shape index (κ3) is 4.79. The van der Waals surface area contributed by atoms with Gasteiger partial charge in [-0.2, -0.15) is 5.26 Å². The fourth-order valence-electron chi connectivity index (χ4n) is 0.884. The molecule has 0 aromatic heterocycles. The first-order chi connectivity index (χ1) is 6.75. The predicted octanol–water partition coefficient (Wildman–Crippen LogP) is 0.514. The SMILES string of the molecule is CCOC(=O)C(C)(C#N)CCS(C)(=O)=O. The van der Waals surface area contributed by atoms with Crippen LogP contribution in [-0.4, -0.2) is 33.0 Å². The largest absolute Gasteiger partial charge is 0.465 e. The highest BCUT2D eigenvalue weighted by molar-refractivity contribution is 7.90. The van der Waals surface area contributed by atoms with E-state index in [1.807, 2.05) is 0 Å². The van der Waals surface area contributed by atoms with E-state index < -0.39 is 21.2 Å². The van der Waals surface area contributed by atoms with Gasteiger partial charge < -0.3 is 4.74 Å². The molecule has 15 heavy (non-hydrogen) atoms. The zero-order valence-corrected chi connectivity index (χ0v) is 9.93. The smallest absolute Gasteiger partial charge is 0.326 e. The summed E-state index contributed by atoms with van der Waals surface area (Å²) in [6, 6.07) is 1.80. The molecule has 0 amide bonds. The molecule has 1 atom stereocenters. The minimum absolute atomic E-state index is 0.0405. The Kier molecular flexibility index (Phi) is 4.75. The second-order valence-electron chi connectivity index (χ2n) is 3.54. The molecular weight excluding hydrogens is 218 g/mol. The van der Waals surface area contributed by atoms with Crippen molar-refractivity contribution in [1.82, 2.24) is 0 Å². The minimum Gasteiger partial charge on any atom is -0.465 e. The Labute approximate surface area is 90.0 Å². The fraction of sp³-hybridized carbons (Fsp3) is 0.778. The lowest BCUT2D eigenvalue weighted by atomic mass is 9.90. The first-order valence-corrected chi connectivity index (χ1v) is 6.57. The number of rotatable bonds is 5. The molecule has 86 valence electrons. The molecule has 0 bridgehead atoms. The Hall–Kier alpha value is -1.09. The molecule has 0 heterocycles. The molecule has 0 fully saturated rings. The molecule has 0 aliphatic carbocycles. The molecule has 0 aromatic rings. The van der Waals surface area contributed by atoms with E-state index in [0.717, 1.165) is 6.26 Å². The van der Waals surface area contributed by atoms with Crippen LogP contribution in [0.2, 0.25) is 0 Å². The van der Waals surface area contributed by atoms with E-state index in [0.29, 0.717) is 0 Å². The molecule has 0 saturated carbocycles. The van der Waals surface area contributed by atoms with E-state index in [2.05, 4.69) is 0 Å². The number of hydrogen-bond acceptors (Lipinski definition) is 5. The Balaban J connectivity index is 4.60. The van der Waals surface area contributed by atoms with Gasteiger partial charge in [0.1, 0.15) is 9.84 Å². The summed E-state index contributed by atoms with van der Waals surface area (Å²) in [4.78, 5) is 11.4. The number of nitrogens with zero attached hydrogens (tertiary/aromatic N) is 1. The summed E-state index contributed by atoms with van der Waals surface area (Å²) in [6.45, 7) is 3.19. The van der Waals surface area contributed by atoms with Gasteiger partial charge in [-0.15, -0.1) is 0 Å². The van der Waals surface area contributed by atoms with Gasteiger partial charge in [-0.05, 0) is 20.3 Å². The van der Waals surface area contributed by atoms with Crippen molar-refractivity contribution < 1.29 is 17.9 Å². The van der Waals surface area contributed by atoms with Gasteiger partial charge in [0.15, 0.2) is 5.41 Å². The van der Waals surface area contributed by atoms with E-state index >= 15 is 0 Å². The van der Waals surface area contributed by atoms with Crippen LogP contribution in [0.1, 0.15) is 20.3 Å². The zero-order chi connectivity index (χ0) is 12.1. The second-order valence-corrected chi connectivity index (χ2v) is 5.80. The van der Waals surface area contributed by atoms with Gasteiger partial charge in [-0.25, -0.2) is 8.42 Å². The Morgan fingerprint density at radius 3 is 2.40 bits per heavy atom. The third-order valence-corrected chi connectivity index (χ3v) is 2.89. The highest BCUT2D eigenvalue weighted by atomic mass is 32.2. The maximum absolute atomic E-state index is 11.4. The molecule has 5 nitrogen and oxygen atoms in total. The average Bonchev–Trinajstić information content (AvgIpc) is 2.13. The first kappa shape index (κ1) is 13.9. The molecule has 0 N–H and O–H groups in total. The molecular formula is C9H15NO4S. The Bertz CT molecular complexity index is 368. The summed E-state index contributed by atoms with van der Waals surface area (Å²) in [5.74, 6) is -0.869. The van der Waals surface area contributed by atoms with Crippen molar-refractivity contribution in [2.75, 3.05) is 18.6 Å². The highest BCUT2D eigenvalue weighted by Gasteiger charge is 2.35. The lowest BCUT2D eigenvalue weighted by Gasteiger charge is -2.18. The number of hydrogen-bond donors (Lipinski definition) is 0. The van der Waals surface area contributed by atoms with E-state index in [1.54, 1.807) is 13.0 Å². The van der Waals surface area contributed by atoms with Crippen LogP contribution in [0.25, 0.3) is 0 Å². The van der Waals surface area contributed by atoms with E-state index in [1.165, 1.54) is 6.92 Å². The first-order valence-electron chi connectivity index (χ1n) is 4.51. The van der Waals surface area contributed by atoms with Crippen LogP contribution in [0.3, 0.4) is 0 Å². The van der Waals surface area contributed by atoms with Crippen LogP contribution in [0, 0.1) is 16.7 Å². The maximum Gasteiger partial charge on any atom is 0.326 e. The van der Waals surface area contributed by atoms with Gasteiger partial charge in [-0.3, -0.25) is 4.79 Å². The van der Waals surface area contributed by atoms with Crippen LogP contribution in [0.5, 0.6) is 0 Å². The second kappa shape index (κ2) is 5.12. The van der Waals surface area contributed by atoms with Crippen molar-refractivity contribution in [2.45, 2.75) is 20.3 Å². The van der Waals surface area contributed by atoms with Crippen LogP contribution < -0.4 is 0 Å². The molecule has 0 radical (unpaired) electrons. The summed E-state index contributed by atoms with van der Waals surface area (Å²) in [5, 5.41) is 8.83. The zero-order valence-electron chi connectivity index (χ0n) is 9.11. The van der Waals surface area contributed by atoms with E-state index in [9.17, 15) is 13.2 Å². The van der Waals surface area contributed by atoms with Gasteiger partial charge in [0.2, 0.25) is 0 Å². The molecule has 0 spiro atoms. The fourth-order valence-corrected chi connectivity index (χ4v) is 1.66. The lowest BCUT2D eigenvalue weighted by molar-refractivity contribution is -0.151. The number of nitriles is 1. The van der Waals surface area contributed by atoms with E-state index in [4.69, 9.17) is 10.00 Å². The maximum atomic E-state index is 11.4.